The third-order valence-electron chi connectivity index (χ3n) is 5.20. The molecule has 0 aromatic carbocycles. The highest BCUT2D eigenvalue weighted by Crippen LogP contribution is 2.45. The van der Waals surface area contributed by atoms with Gasteiger partial charge < -0.3 is 4.57 Å². The monoisotopic (exact) mass is 281 g/mol. The molecule has 1 heterocycles. The highest BCUT2D eigenvalue weighted by molar-refractivity contribution is 6.16. The van der Waals surface area contributed by atoms with E-state index in [-0.39, 0.29) is 0 Å². The van der Waals surface area contributed by atoms with Crippen molar-refractivity contribution in [1.29, 1.82) is 0 Å². The molecule has 0 aliphatic heterocycles. The molecule has 0 spiro atoms. The lowest BCUT2D eigenvalue weighted by Crippen LogP contribution is -2.28. The first kappa shape index (κ1) is 13.4. The predicted molar refractivity (Wildman–Crippen MR) is 77.3 cm³/mol. The standard InChI is InChI=1S/C15H24ClN3/c1-2-19-14(10-16)17-18-15(19)13-8-7-11-5-3-4-6-12(11)9-13/h11-13H,2-10H2,1H3. The third kappa shape index (κ3) is 2.54. The Morgan fingerprint density at radius 1 is 1.11 bits per heavy atom. The molecule has 3 unspecified atom stereocenters. The Balaban J connectivity index is 1.77. The Kier molecular flexibility index (Phi) is 4.11. The molecule has 2 fully saturated rings. The van der Waals surface area contributed by atoms with E-state index in [4.69, 9.17) is 11.6 Å². The molecule has 19 heavy (non-hydrogen) atoms. The minimum atomic E-state index is 0.472. The summed E-state index contributed by atoms with van der Waals surface area (Å²) in [6.07, 6.45) is 9.79. The molecule has 0 bridgehead atoms. The molecule has 0 saturated heterocycles. The van der Waals surface area contributed by atoms with Crippen LogP contribution in [0.1, 0.15) is 69.4 Å². The van der Waals surface area contributed by atoms with Crippen LogP contribution in [0.5, 0.6) is 0 Å². The van der Waals surface area contributed by atoms with Gasteiger partial charge in [-0.15, -0.1) is 21.8 Å². The van der Waals surface area contributed by atoms with Crippen molar-refractivity contribution in [2.45, 2.75) is 70.2 Å². The molecular formula is C15H24ClN3. The molecule has 3 atom stereocenters. The number of hydrogen-bond donors (Lipinski definition) is 0. The van der Waals surface area contributed by atoms with E-state index in [9.17, 15) is 0 Å². The van der Waals surface area contributed by atoms with E-state index in [1.807, 2.05) is 0 Å². The van der Waals surface area contributed by atoms with Gasteiger partial charge in [-0.05, 0) is 38.0 Å². The van der Waals surface area contributed by atoms with Crippen LogP contribution in [0.15, 0.2) is 0 Å². The Labute approximate surface area is 120 Å². The second-order valence-corrected chi connectivity index (χ2v) is 6.43. The smallest absolute Gasteiger partial charge is 0.147 e. The third-order valence-corrected chi connectivity index (χ3v) is 5.44. The molecule has 2 aliphatic carbocycles. The van der Waals surface area contributed by atoms with Gasteiger partial charge in [0.2, 0.25) is 0 Å². The average molecular weight is 282 g/mol. The molecule has 0 N–H and O–H groups in total. The number of alkyl halides is 1. The van der Waals surface area contributed by atoms with Gasteiger partial charge in [0, 0.05) is 12.5 Å². The number of halogens is 1. The fourth-order valence-electron chi connectivity index (χ4n) is 4.20. The van der Waals surface area contributed by atoms with Crippen molar-refractivity contribution in [3.05, 3.63) is 11.6 Å². The van der Waals surface area contributed by atoms with E-state index in [1.54, 1.807) is 0 Å². The molecule has 106 valence electrons. The van der Waals surface area contributed by atoms with Gasteiger partial charge in [-0.25, -0.2) is 0 Å². The summed E-state index contributed by atoms with van der Waals surface area (Å²) in [6, 6.07) is 0. The summed E-state index contributed by atoms with van der Waals surface area (Å²) in [5.41, 5.74) is 0. The van der Waals surface area contributed by atoms with Crippen molar-refractivity contribution in [1.82, 2.24) is 14.8 Å². The quantitative estimate of drug-likeness (QED) is 0.781. The van der Waals surface area contributed by atoms with Crippen molar-refractivity contribution >= 4 is 11.6 Å². The molecule has 0 radical (unpaired) electrons. The van der Waals surface area contributed by atoms with Gasteiger partial charge in [0.15, 0.2) is 0 Å². The Hall–Kier alpha value is -0.570. The van der Waals surface area contributed by atoms with Crippen LogP contribution >= 0.6 is 11.6 Å². The van der Waals surface area contributed by atoms with Crippen molar-refractivity contribution < 1.29 is 0 Å². The van der Waals surface area contributed by atoms with E-state index in [0.29, 0.717) is 11.8 Å². The van der Waals surface area contributed by atoms with Crippen LogP contribution in [0.3, 0.4) is 0 Å². The highest BCUT2D eigenvalue weighted by atomic mass is 35.5. The van der Waals surface area contributed by atoms with Gasteiger partial charge in [0.1, 0.15) is 11.6 Å². The summed E-state index contributed by atoms with van der Waals surface area (Å²) in [4.78, 5) is 0. The second-order valence-electron chi connectivity index (χ2n) is 6.17. The maximum atomic E-state index is 5.95. The van der Waals surface area contributed by atoms with E-state index in [1.165, 1.54) is 50.8 Å². The highest BCUT2D eigenvalue weighted by Gasteiger charge is 2.34. The lowest BCUT2D eigenvalue weighted by Gasteiger charge is -2.39. The number of aromatic nitrogens is 3. The van der Waals surface area contributed by atoms with Crippen molar-refractivity contribution in [3.8, 4) is 0 Å². The normalized spacial score (nSPS) is 31.2. The molecule has 2 saturated carbocycles. The number of fused-ring (bicyclic) bond motifs is 1. The first-order valence-electron chi connectivity index (χ1n) is 7.81. The van der Waals surface area contributed by atoms with Gasteiger partial charge in [0.25, 0.3) is 0 Å². The molecule has 1 aromatic heterocycles. The van der Waals surface area contributed by atoms with Gasteiger partial charge in [-0.3, -0.25) is 0 Å². The lowest BCUT2D eigenvalue weighted by atomic mass is 9.67. The van der Waals surface area contributed by atoms with Gasteiger partial charge in [-0.1, -0.05) is 25.7 Å². The Morgan fingerprint density at radius 3 is 2.63 bits per heavy atom. The Bertz CT molecular complexity index is 429. The summed E-state index contributed by atoms with van der Waals surface area (Å²) in [7, 11) is 0. The van der Waals surface area contributed by atoms with Crippen LogP contribution < -0.4 is 0 Å². The first-order valence-corrected chi connectivity index (χ1v) is 8.34. The molecule has 1 aromatic rings. The van der Waals surface area contributed by atoms with Crippen LogP contribution in [0.2, 0.25) is 0 Å². The molecular weight excluding hydrogens is 258 g/mol. The molecule has 2 aliphatic rings. The van der Waals surface area contributed by atoms with Gasteiger partial charge in [0.05, 0.1) is 5.88 Å². The molecule has 3 nitrogen and oxygen atoms in total. The summed E-state index contributed by atoms with van der Waals surface area (Å²) in [6.45, 7) is 3.10. The molecule has 4 heteroatoms. The van der Waals surface area contributed by atoms with Crippen molar-refractivity contribution in [2.75, 3.05) is 0 Å². The maximum absolute atomic E-state index is 5.95. The summed E-state index contributed by atoms with van der Waals surface area (Å²) in [5, 5.41) is 8.71. The zero-order valence-electron chi connectivity index (χ0n) is 11.8. The van der Waals surface area contributed by atoms with E-state index < -0.39 is 0 Å². The number of rotatable bonds is 3. The van der Waals surface area contributed by atoms with Gasteiger partial charge >= 0.3 is 0 Å². The summed E-state index contributed by atoms with van der Waals surface area (Å²) in [5.74, 6) is 5.15. The van der Waals surface area contributed by atoms with Crippen LogP contribution in [0, 0.1) is 11.8 Å². The molecule has 0 amide bonds. The molecule has 3 rings (SSSR count). The zero-order chi connectivity index (χ0) is 13.2. The van der Waals surface area contributed by atoms with E-state index in [0.717, 1.165) is 24.2 Å². The zero-order valence-corrected chi connectivity index (χ0v) is 12.6. The van der Waals surface area contributed by atoms with Crippen molar-refractivity contribution in [2.24, 2.45) is 11.8 Å². The van der Waals surface area contributed by atoms with Crippen LogP contribution in [0.25, 0.3) is 0 Å². The van der Waals surface area contributed by atoms with Crippen LogP contribution in [-0.2, 0) is 12.4 Å². The number of hydrogen-bond acceptors (Lipinski definition) is 2. The average Bonchev–Trinajstić information content (AvgIpc) is 2.89. The number of nitrogens with zero attached hydrogens (tertiary/aromatic N) is 3. The Morgan fingerprint density at radius 2 is 1.89 bits per heavy atom. The van der Waals surface area contributed by atoms with Gasteiger partial charge in [-0.2, -0.15) is 0 Å². The van der Waals surface area contributed by atoms with Crippen molar-refractivity contribution in [3.63, 3.8) is 0 Å². The van der Waals surface area contributed by atoms with E-state index >= 15 is 0 Å². The predicted octanol–water partition coefficient (Wildman–Crippen LogP) is 4.11. The SMILES string of the molecule is CCn1c(CCl)nnc1C1CCC2CCCCC2C1. The second kappa shape index (κ2) is 5.82. The topological polar surface area (TPSA) is 30.7 Å². The van der Waals surface area contributed by atoms with Crippen LogP contribution in [0.4, 0.5) is 0 Å². The summed E-state index contributed by atoms with van der Waals surface area (Å²) >= 11 is 5.95. The van der Waals surface area contributed by atoms with E-state index in [2.05, 4.69) is 21.7 Å². The largest absolute Gasteiger partial charge is 0.314 e. The van der Waals surface area contributed by atoms with Crippen LogP contribution in [-0.4, -0.2) is 14.8 Å². The minimum absolute atomic E-state index is 0.472. The fraction of sp³-hybridized carbons (Fsp3) is 0.867. The fourth-order valence-corrected chi connectivity index (χ4v) is 4.40. The maximum Gasteiger partial charge on any atom is 0.147 e. The summed E-state index contributed by atoms with van der Waals surface area (Å²) < 4.78 is 2.24. The first-order chi connectivity index (χ1) is 9.33. The lowest BCUT2D eigenvalue weighted by molar-refractivity contribution is 0.151. The minimum Gasteiger partial charge on any atom is -0.314 e.